The molecule has 0 saturated heterocycles. The van der Waals surface area contributed by atoms with E-state index in [-0.39, 0.29) is 5.41 Å². The molecule has 1 nitrogen and oxygen atoms in total. The van der Waals surface area contributed by atoms with E-state index in [1.807, 2.05) is 12.1 Å². The Morgan fingerprint density at radius 2 is 1.00 bits per heavy atom. The smallest absolute Gasteiger partial charge is 0.0408 e. The molecular weight excluding hydrogens is 302 g/mol. The van der Waals surface area contributed by atoms with E-state index >= 15 is 0 Å². The summed E-state index contributed by atoms with van der Waals surface area (Å²) in [6.45, 7) is 8.82. The minimum atomic E-state index is 0.285. The summed E-state index contributed by atoms with van der Waals surface area (Å²) in [6.07, 6.45) is 0. The van der Waals surface area contributed by atoms with Crippen LogP contribution in [0.1, 0.15) is 31.9 Å². The lowest BCUT2D eigenvalue weighted by Gasteiger charge is -2.18. The molecule has 0 radical (unpaired) electrons. The van der Waals surface area contributed by atoms with Gasteiger partial charge in [0.15, 0.2) is 0 Å². The van der Waals surface area contributed by atoms with Crippen LogP contribution in [0.25, 0.3) is 0 Å². The second-order valence-corrected chi connectivity index (χ2v) is 7.35. The van der Waals surface area contributed by atoms with Crippen LogP contribution >= 0.6 is 0 Å². The van der Waals surface area contributed by atoms with Crippen molar-refractivity contribution in [1.82, 2.24) is 0 Å². The van der Waals surface area contributed by atoms with Gasteiger partial charge >= 0.3 is 0 Å². The van der Waals surface area contributed by atoms with E-state index in [0.29, 0.717) is 0 Å². The van der Waals surface area contributed by atoms with Gasteiger partial charge in [-0.2, -0.15) is 0 Å². The fourth-order valence-electron chi connectivity index (χ4n) is 2.51. The monoisotopic (exact) mass is 331 g/mol. The van der Waals surface area contributed by atoms with Crippen molar-refractivity contribution in [2.45, 2.75) is 33.1 Å². The van der Waals surface area contributed by atoms with Gasteiger partial charge in [0.25, 0.3) is 0 Å². The van der Waals surface area contributed by atoms with Crippen molar-refractivity contribution < 1.29 is 0 Å². The highest BCUT2D eigenvalue weighted by Gasteiger charge is 2.11. The first-order valence-electron chi connectivity index (χ1n) is 8.79. The van der Waals surface area contributed by atoms with E-state index in [9.17, 15) is 0 Å². The molecule has 0 N–H and O–H groups in total. The fourth-order valence-corrected chi connectivity index (χ4v) is 2.51. The summed E-state index contributed by atoms with van der Waals surface area (Å²) in [5, 5.41) is 0. The molecule has 0 aliphatic heterocycles. The number of anilines is 2. The molecule has 0 fully saturated rings. The molecular formula is C24H29N. The highest BCUT2D eigenvalue weighted by molar-refractivity contribution is 5.61. The molecule has 0 aliphatic rings. The number of aryl methyl sites for hydroxylation is 1. The normalized spacial score (nSPS) is 10.6. The van der Waals surface area contributed by atoms with Crippen LogP contribution in [0.4, 0.5) is 11.4 Å². The molecule has 0 bridgehead atoms. The van der Waals surface area contributed by atoms with Gasteiger partial charge in [0.1, 0.15) is 0 Å². The van der Waals surface area contributed by atoms with E-state index in [1.54, 1.807) is 0 Å². The van der Waals surface area contributed by atoms with Crippen LogP contribution in [-0.4, -0.2) is 7.05 Å². The van der Waals surface area contributed by atoms with Gasteiger partial charge in [0.05, 0.1) is 0 Å². The summed E-state index contributed by atoms with van der Waals surface area (Å²) >= 11 is 0. The van der Waals surface area contributed by atoms with Gasteiger partial charge in [-0.25, -0.2) is 0 Å². The third-order valence-electron chi connectivity index (χ3n) is 4.20. The second kappa shape index (κ2) is 8.53. The van der Waals surface area contributed by atoms with E-state index in [1.165, 1.54) is 22.5 Å². The minimum absolute atomic E-state index is 0.285. The summed E-state index contributed by atoms with van der Waals surface area (Å²) in [7, 11) is 2.07. The van der Waals surface area contributed by atoms with Gasteiger partial charge in [-0.05, 0) is 42.2 Å². The average molecular weight is 332 g/mol. The SMILES string of the molecule is CN(c1ccccc1)c1ccccc1.Cc1ccc(C(C)(C)C)cc1. The van der Waals surface area contributed by atoms with Crippen LogP contribution < -0.4 is 4.90 Å². The van der Waals surface area contributed by atoms with Gasteiger partial charge in [-0.3, -0.25) is 0 Å². The maximum atomic E-state index is 2.23. The molecule has 0 spiro atoms. The lowest BCUT2D eigenvalue weighted by molar-refractivity contribution is 0.590. The van der Waals surface area contributed by atoms with Crippen molar-refractivity contribution in [3.8, 4) is 0 Å². The molecule has 0 heterocycles. The first-order chi connectivity index (χ1) is 11.9. The maximum absolute atomic E-state index is 2.23. The van der Waals surface area contributed by atoms with Gasteiger partial charge in [-0.15, -0.1) is 0 Å². The number of para-hydroxylation sites is 2. The second-order valence-electron chi connectivity index (χ2n) is 7.35. The average Bonchev–Trinajstić information content (AvgIpc) is 2.63. The number of benzene rings is 3. The zero-order chi connectivity index (χ0) is 18.3. The Hall–Kier alpha value is -2.54. The molecule has 25 heavy (non-hydrogen) atoms. The summed E-state index contributed by atoms with van der Waals surface area (Å²) in [4.78, 5) is 2.17. The molecule has 0 aromatic heterocycles. The molecule has 3 aromatic carbocycles. The lowest BCUT2D eigenvalue weighted by Crippen LogP contribution is -2.10. The zero-order valence-corrected chi connectivity index (χ0v) is 16.0. The quantitative estimate of drug-likeness (QED) is 0.502. The van der Waals surface area contributed by atoms with Crippen LogP contribution in [0.15, 0.2) is 84.9 Å². The molecule has 130 valence electrons. The first-order valence-corrected chi connectivity index (χ1v) is 8.79. The van der Waals surface area contributed by atoms with E-state index in [4.69, 9.17) is 0 Å². The van der Waals surface area contributed by atoms with Crippen LogP contribution in [-0.2, 0) is 5.41 Å². The number of hydrogen-bond donors (Lipinski definition) is 0. The predicted octanol–water partition coefficient (Wildman–Crippen LogP) is 6.75. The van der Waals surface area contributed by atoms with Gasteiger partial charge in [0, 0.05) is 18.4 Å². The molecule has 0 unspecified atom stereocenters. The van der Waals surface area contributed by atoms with Gasteiger partial charge in [-0.1, -0.05) is 87.0 Å². The van der Waals surface area contributed by atoms with Crippen LogP contribution in [0, 0.1) is 6.92 Å². The Morgan fingerprint density at radius 3 is 1.36 bits per heavy atom. The molecule has 3 aromatic rings. The predicted molar refractivity (Wildman–Crippen MR) is 111 cm³/mol. The van der Waals surface area contributed by atoms with E-state index in [2.05, 4.69) is 112 Å². The first kappa shape index (κ1) is 18.8. The molecule has 3 rings (SSSR count). The lowest BCUT2D eigenvalue weighted by atomic mass is 9.87. The van der Waals surface area contributed by atoms with Crippen LogP contribution in [0.5, 0.6) is 0 Å². The Balaban J connectivity index is 0.000000186. The molecule has 0 aliphatic carbocycles. The number of rotatable bonds is 2. The van der Waals surface area contributed by atoms with Crippen molar-refractivity contribution in [3.05, 3.63) is 96.1 Å². The van der Waals surface area contributed by atoms with Crippen LogP contribution in [0.2, 0.25) is 0 Å². The van der Waals surface area contributed by atoms with Crippen molar-refractivity contribution in [2.75, 3.05) is 11.9 Å². The molecule has 1 heteroatoms. The third-order valence-corrected chi connectivity index (χ3v) is 4.20. The van der Waals surface area contributed by atoms with E-state index in [0.717, 1.165) is 0 Å². The van der Waals surface area contributed by atoms with E-state index < -0.39 is 0 Å². The topological polar surface area (TPSA) is 3.24 Å². The van der Waals surface area contributed by atoms with Crippen molar-refractivity contribution in [1.29, 1.82) is 0 Å². The van der Waals surface area contributed by atoms with Gasteiger partial charge < -0.3 is 4.90 Å². The number of hydrogen-bond acceptors (Lipinski definition) is 1. The summed E-state index contributed by atoms with van der Waals surface area (Å²) in [5.41, 5.74) is 5.44. The largest absolute Gasteiger partial charge is 0.345 e. The van der Waals surface area contributed by atoms with Crippen LogP contribution in [0.3, 0.4) is 0 Å². The Kier molecular flexibility index (Phi) is 6.41. The highest BCUT2D eigenvalue weighted by Crippen LogP contribution is 2.22. The standard InChI is InChI=1S/C13H13N.C11H16/c1-14(12-8-4-2-5-9-12)13-10-6-3-7-11-13;1-9-5-7-10(8-6-9)11(2,3)4/h2-11H,1H3;5-8H,1-4H3. The molecule has 0 saturated carbocycles. The van der Waals surface area contributed by atoms with Crippen molar-refractivity contribution in [2.24, 2.45) is 0 Å². The minimum Gasteiger partial charge on any atom is -0.345 e. The Morgan fingerprint density at radius 1 is 0.600 bits per heavy atom. The zero-order valence-electron chi connectivity index (χ0n) is 16.0. The fraction of sp³-hybridized carbons (Fsp3) is 0.250. The summed E-state index contributed by atoms with van der Waals surface area (Å²) in [5.74, 6) is 0. The number of nitrogens with zero attached hydrogens (tertiary/aromatic N) is 1. The van der Waals surface area contributed by atoms with Gasteiger partial charge in [0.2, 0.25) is 0 Å². The highest BCUT2D eigenvalue weighted by atomic mass is 15.1. The maximum Gasteiger partial charge on any atom is 0.0408 e. The molecule has 0 atom stereocenters. The summed E-state index contributed by atoms with van der Waals surface area (Å²) in [6, 6.07) is 29.4. The Labute approximate surface area is 153 Å². The Bertz CT molecular complexity index is 698. The van der Waals surface area contributed by atoms with Crippen molar-refractivity contribution in [3.63, 3.8) is 0 Å². The third kappa shape index (κ3) is 5.79. The molecule has 0 amide bonds. The van der Waals surface area contributed by atoms with Crippen molar-refractivity contribution >= 4 is 11.4 Å². The summed E-state index contributed by atoms with van der Waals surface area (Å²) < 4.78 is 0.